The Balaban J connectivity index is 1.93. The number of hydrogen-bond donors (Lipinski definition) is 1. The molecule has 28 heavy (non-hydrogen) atoms. The van der Waals surface area contributed by atoms with Gasteiger partial charge in [0.15, 0.2) is 12.4 Å². The Kier molecular flexibility index (Phi) is 7.33. The molecule has 0 spiro atoms. The van der Waals surface area contributed by atoms with Gasteiger partial charge in [0.2, 0.25) is 0 Å². The van der Waals surface area contributed by atoms with Gasteiger partial charge in [0.25, 0.3) is 11.6 Å². The molecular weight excluding hydrogens is 433 g/mol. The van der Waals surface area contributed by atoms with Crippen LogP contribution in [0.25, 0.3) is 6.08 Å². The van der Waals surface area contributed by atoms with Crippen LogP contribution in [0.3, 0.4) is 0 Å². The number of nitrogens with zero attached hydrogens (tertiary/aromatic N) is 2. The second-order valence-corrected chi connectivity index (χ2v) is 6.56. The van der Waals surface area contributed by atoms with Crippen LogP contribution in [0.15, 0.2) is 30.3 Å². The molecule has 0 saturated heterocycles. The zero-order valence-electron chi connectivity index (χ0n) is 14.2. The number of anilines is 1. The minimum Gasteiger partial charge on any atom is -0.452 e. The highest BCUT2D eigenvalue weighted by Gasteiger charge is 2.13. The molecule has 0 aliphatic carbocycles. The SMILES string of the molecule is Cc1nc(NC(=O)COC(=O)/C=C/c2ccc(Cl)c([N+](=O)[O-])c2)c(Cl)cc1Cl. The standard InChI is InChI=1S/C17H12Cl3N3O5/c1-9-12(19)7-13(20)17(21-9)22-15(24)8-28-16(25)5-3-10-2-4-11(18)14(6-10)23(26)27/h2-7H,8H2,1H3,(H,21,22,24)/b5-3+. The van der Waals surface area contributed by atoms with Crippen molar-refractivity contribution in [1.82, 2.24) is 4.98 Å². The molecule has 146 valence electrons. The molecule has 1 amide bonds. The molecule has 0 fully saturated rings. The van der Waals surface area contributed by atoms with Gasteiger partial charge in [-0.1, -0.05) is 40.9 Å². The van der Waals surface area contributed by atoms with Crippen molar-refractivity contribution in [3.05, 3.63) is 66.8 Å². The van der Waals surface area contributed by atoms with Crippen LogP contribution in [0.5, 0.6) is 0 Å². The van der Waals surface area contributed by atoms with Crippen LogP contribution in [0.2, 0.25) is 15.1 Å². The van der Waals surface area contributed by atoms with Gasteiger partial charge in [-0.05, 0) is 30.7 Å². The fourth-order valence-electron chi connectivity index (χ4n) is 1.94. The van der Waals surface area contributed by atoms with Crippen LogP contribution in [-0.4, -0.2) is 28.4 Å². The monoisotopic (exact) mass is 443 g/mol. The first kappa shape index (κ1) is 21.6. The minimum atomic E-state index is -0.820. The number of nitrogens with one attached hydrogen (secondary N) is 1. The van der Waals surface area contributed by atoms with Crippen molar-refractivity contribution in [2.24, 2.45) is 0 Å². The summed E-state index contributed by atoms with van der Waals surface area (Å²) in [4.78, 5) is 37.8. The van der Waals surface area contributed by atoms with Crippen molar-refractivity contribution in [1.29, 1.82) is 0 Å². The first-order valence-corrected chi connectivity index (χ1v) is 8.72. The van der Waals surface area contributed by atoms with E-state index in [1.807, 2.05) is 0 Å². The van der Waals surface area contributed by atoms with Gasteiger partial charge in [0.05, 0.1) is 20.7 Å². The number of carbonyl (C=O) groups is 2. The number of pyridine rings is 1. The molecule has 8 nitrogen and oxygen atoms in total. The summed E-state index contributed by atoms with van der Waals surface area (Å²) in [6, 6.07) is 5.46. The van der Waals surface area contributed by atoms with Gasteiger partial charge in [-0.25, -0.2) is 9.78 Å². The van der Waals surface area contributed by atoms with Gasteiger partial charge in [-0.2, -0.15) is 0 Å². The zero-order chi connectivity index (χ0) is 20.8. The largest absolute Gasteiger partial charge is 0.452 e. The van der Waals surface area contributed by atoms with Crippen molar-refractivity contribution in [3.63, 3.8) is 0 Å². The molecule has 11 heteroatoms. The summed E-state index contributed by atoms with van der Waals surface area (Å²) in [6.45, 7) is 1.06. The van der Waals surface area contributed by atoms with E-state index >= 15 is 0 Å². The fourth-order valence-corrected chi connectivity index (χ4v) is 2.53. The van der Waals surface area contributed by atoms with Crippen molar-refractivity contribution in [3.8, 4) is 0 Å². The number of rotatable bonds is 6. The van der Waals surface area contributed by atoms with E-state index in [1.54, 1.807) is 6.92 Å². The average molecular weight is 445 g/mol. The number of carbonyl (C=O) groups excluding carboxylic acids is 2. The van der Waals surface area contributed by atoms with Crippen LogP contribution in [-0.2, 0) is 14.3 Å². The summed E-state index contributed by atoms with van der Waals surface area (Å²) >= 11 is 17.5. The molecule has 1 aromatic heterocycles. The highest BCUT2D eigenvalue weighted by Crippen LogP contribution is 2.26. The lowest BCUT2D eigenvalue weighted by Crippen LogP contribution is -2.21. The number of amides is 1. The van der Waals surface area contributed by atoms with Crippen LogP contribution in [0.4, 0.5) is 11.5 Å². The van der Waals surface area contributed by atoms with Gasteiger partial charge < -0.3 is 10.1 Å². The van der Waals surface area contributed by atoms with E-state index in [0.29, 0.717) is 16.3 Å². The van der Waals surface area contributed by atoms with Gasteiger partial charge in [0.1, 0.15) is 5.02 Å². The van der Waals surface area contributed by atoms with E-state index < -0.39 is 23.4 Å². The molecule has 1 heterocycles. The Hall–Kier alpha value is -2.68. The van der Waals surface area contributed by atoms with Gasteiger partial charge in [-0.3, -0.25) is 14.9 Å². The highest BCUT2D eigenvalue weighted by atomic mass is 35.5. The van der Waals surface area contributed by atoms with E-state index in [1.165, 1.54) is 30.3 Å². The molecule has 0 bridgehead atoms. The highest BCUT2D eigenvalue weighted by molar-refractivity contribution is 6.36. The third kappa shape index (κ3) is 5.91. The Labute approximate surface area is 174 Å². The van der Waals surface area contributed by atoms with Gasteiger partial charge in [0, 0.05) is 12.1 Å². The molecule has 0 atom stereocenters. The van der Waals surface area contributed by atoms with E-state index in [0.717, 1.165) is 6.08 Å². The predicted octanol–water partition coefficient (Wildman–Crippen LogP) is 4.45. The summed E-state index contributed by atoms with van der Waals surface area (Å²) < 4.78 is 4.80. The summed E-state index contributed by atoms with van der Waals surface area (Å²) in [5.74, 6) is -1.38. The quantitative estimate of drug-likeness (QED) is 0.305. The fraction of sp³-hybridized carbons (Fsp3) is 0.118. The molecule has 0 aliphatic rings. The molecule has 0 unspecified atom stereocenters. The number of nitro groups is 1. The lowest BCUT2D eigenvalue weighted by atomic mass is 10.2. The normalized spacial score (nSPS) is 10.7. The zero-order valence-corrected chi connectivity index (χ0v) is 16.5. The number of aromatic nitrogens is 1. The average Bonchev–Trinajstić information content (AvgIpc) is 2.63. The molecule has 2 aromatic rings. The molecule has 0 radical (unpaired) electrons. The van der Waals surface area contributed by atoms with Gasteiger partial charge in [-0.15, -0.1) is 0 Å². The van der Waals surface area contributed by atoms with Crippen molar-refractivity contribution < 1.29 is 19.2 Å². The van der Waals surface area contributed by atoms with Crippen molar-refractivity contribution in [2.75, 3.05) is 11.9 Å². The van der Waals surface area contributed by atoms with Crippen molar-refractivity contribution >= 4 is 64.3 Å². The first-order chi connectivity index (χ1) is 13.2. The molecule has 1 aromatic carbocycles. The summed E-state index contributed by atoms with van der Waals surface area (Å²) in [5.41, 5.74) is 0.544. The summed E-state index contributed by atoms with van der Waals surface area (Å²) in [5, 5.41) is 13.7. The molecule has 0 saturated carbocycles. The maximum Gasteiger partial charge on any atom is 0.331 e. The lowest BCUT2D eigenvalue weighted by molar-refractivity contribution is -0.384. The molecule has 1 N–H and O–H groups in total. The van der Waals surface area contributed by atoms with E-state index in [4.69, 9.17) is 39.5 Å². The third-order valence-corrected chi connectivity index (χ3v) is 4.28. The second-order valence-electron chi connectivity index (χ2n) is 5.34. The Morgan fingerprint density at radius 1 is 1.21 bits per heavy atom. The van der Waals surface area contributed by atoms with E-state index in [9.17, 15) is 19.7 Å². The summed E-state index contributed by atoms with van der Waals surface area (Å²) in [6.07, 6.45) is 2.32. The number of halogens is 3. The topological polar surface area (TPSA) is 111 Å². The smallest absolute Gasteiger partial charge is 0.331 e. The number of ether oxygens (including phenoxy) is 1. The third-order valence-electron chi connectivity index (χ3n) is 3.29. The van der Waals surface area contributed by atoms with E-state index in [2.05, 4.69) is 10.3 Å². The summed E-state index contributed by atoms with van der Waals surface area (Å²) in [7, 11) is 0. The number of nitro benzene ring substituents is 1. The molecule has 0 aliphatic heterocycles. The Bertz CT molecular complexity index is 979. The second kappa shape index (κ2) is 9.50. The lowest BCUT2D eigenvalue weighted by Gasteiger charge is -2.08. The number of aryl methyl sites for hydroxylation is 1. The van der Waals surface area contributed by atoms with Crippen LogP contribution >= 0.6 is 34.8 Å². The Morgan fingerprint density at radius 3 is 2.61 bits per heavy atom. The first-order valence-electron chi connectivity index (χ1n) is 7.58. The van der Waals surface area contributed by atoms with Gasteiger partial charge >= 0.3 is 5.97 Å². The Morgan fingerprint density at radius 2 is 1.93 bits per heavy atom. The van der Waals surface area contributed by atoms with Crippen LogP contribution in [0.1, 0.15) is 11.3 Å². The van der Waals surface area contributed by atoms with Crippen LogP contribution < -0.4 is 5.32 Å². The van der Waals surface area contributed by atoms with E-state index in [-0.39, 0.29) is 21.6 Å². The minimum absolute atomic E-state index is 0.0221. The number of benzene rings is 1. The maximum atomic E-state index is 11.9. The maximum absolute atomic E-state index is 11.9. The number of esters is 1. The number of hydrogen-bond acceptors (Lipinski definition) is 6. The molecule has 2 rings (SSSR count). The van der Waals surface area contributed by atoms with Crippen LogP contribution in [0, 0.1) is 17.0 Å². The van der Waals surface area contributed by atoms with Crippen molar-refractivity contribution in [2.45, 2.75) is 6.92 Å². The molecular formula is C17H12Cl3N3O5. The predicted molar refractivity (Wildman–Crippen MR) is 106 cm³/mol.